The Morgan fingerprint density at radius 2 is 2.36 bits per heavy atom. The first kappa shape index (κ1) is 11.6. The van der Waals surface area contributed by atoms with E-state index in [1.54, 1.807) is 11.3 Å². The number of rotatable bonds is 6. The fourth-order valence-corrected chi connectivity index (χ4v) is 1.82. The van der Waals surface area contributed by atoms with E-state index in [-0.39, 0.29) is 5.60 Å². The molecule has 0 bridgehead atoms. The van der Waals surface area contributed by atoms with Crippen molar-refractivity contribution >= 4 is 11.3 Å². The Hall–Kier alpha value is -0.450. The first-order valence-corrected chi connectivity index (χ1v) is 5.74. The summed E-state index contributed by atoms with van der Waals surface area (Å²) in [6, 6.07) is 0. The summed E-state index contributed by atoms with van der Waals surface area (Å²) in [6.45, 7) is 8.70. The fraction of sp³-hybridized carbons (Fsp3) is 0.700. The molecule has 1 rings (SSSR count). The molecule has 1 aromatic rings. The van der Waals surface area contributed by atoms with Gasteiger partial charge in [0.05, 0.1) is 11.1 Å². The van der Waals surface area contributed by atoms with Crippen molar-refractivity contribution in [3.63, 3.8) is 0 Å². The molecule has 0 unspecified atom stereocenters. The maximum Gasteiger partial charge on any atom is 0.0794 e. The molecule has 1 N–H and O–H groups in total. The zero-order chi connectivity index (χ0) is 10.4. The molecule has 1 heterocycles. The van der Waals surface area contributed by atoms with E-state index in [0.717, 1.165) is 19.7 Å². The van der Waals surface area contributed by atoms with Crippen LogP contribution in [0.5, 0.6) is 0 Å². The normalized spacial score (nSPS) is 11.9. The predicted molar refractivity (Wildman–Crippen MR) is 59.5 cm³/mol. The van der Waals surface area contributed by atoms with Crippen LogP contribution in [-0.2, 0) is 11.3 Å². The maximum atomic E-state index is 5.57. The molecule has 3 nitrogen and oxygen atoms in total. The van der Waals surface area contributed by atoms with Gasteiger partial charge in [-0.3, -0.25) is 4.98 Å². The second-order valence-corrected chi connectivity index (χ2v) is 4.73. The van der Waals surface area contributed by atoms with E-state index in [4.69, 9.17) is 4.74 Å². The second-order valence-electron chi connectivity index (χ2n) is 3.76. The molecule has 0 atom stereocenters. The molecule has 0 aliphatic rings. The fourth-order valence-electron chi connectivity index (χ4n) is 1.26. The van der Waals surface area contributed by atoms with Gasteiger partial charge in [0, 0.05) is 30.8 Å². The molecule has 1 aromatic heterocycles. The Kier molecular flexibility index (Phi) is 4.51. The predicted octanol–water partition coefficient (Wildman–Crippen LogP) is 2.05. The zero-order valence-corrected chi connectivity index (χ0v) is 9.86. The lowest BCUT2D eigenvalue weighted by molar-refractivity contribution is -0.00893. The molecule has 0 aromatic carbocycles. The van der Waals surface area contributed by atoms with Crippen molar-refractivity contribution in [3.8, 4) is 0 Å². The number of ether oxygens (including phenoxy) is 1. The highest BCUT2D eigenvalue weighted by atomic mass is 32.1. The van der Waals surface area contributed by atoms with E-state index >= 15 is 0 Å². The van der Waals surface area contributed by atoms with Gasteiger partial charge in [0.25, 0.3) is 0 Å². The quantitative estimate of drug-likeness (QED) is 0.787. The SMILES string of the molecule is CCOC(C)(C)CNCc1cncs1. The Labute approximate surface area is 89.5 Å². The van der Waals surface area contributed by atoms with Gasteiger partial charge in [0.1, 0.15) is 0 Å². The lowest BCUT2D eigenvalue weighted by Crippen LogP contribution is -2.37. The van der Waals surface area contributed by atoms with Crippen molar-refractivity contribution in [2.45, 2.75) is 32.9 Å². The molecule has 0 amide bonds. The van der Waals surface area contributed by atoms with Crippen LogP contribution in [0.15, 0.2) is 11.7 Å². The highest BCUT2D eigenvalue weighted by Gasteiger charge is 2.16. The van der Waals surface area contributed by atoms with Crippen LogP contribution in [0.2, 0.25) is 0 Å². The van der Waals surface area contributed by atoms with Crippen LogP contribution in [-0.4, -0.2) is 23.7 Å². The summed E-state index contributed by atoms with van der Waals surface area (Å²) >= 11 is 1.67. The molecule has 0 aliphatic carbocycles. The van der Waals surface area contributed by atoms with E-state index in [1.807, 2.05) is 18.6 Å². The molecule has 0 saturated carbocycles. The summed E-state index contributed by atoms with van der Waals surface area (Å²) < 4.78 is 5.57. The van der Waals surface area contributed by atoms with Gasteiger partial charge >= 0.3 is 0 Å². The Balaban J connectivity index is 2.20. The molecule has 0 aliphatic heterocycles. The molecule has 0 fully saturated rings. The number of hydrogen-bond acceptors (Lipinski definition) is 4. The van der Waals surface area contributed by atoms with Gasteiger partial charge in [0.15, 0.2) is 0 Å². The lowest BCUT2D eigenvalue weighted by atomic mass is 10.1. The van der Waals surface area contributed by atoms with Gasteiger partial charge in [-0.05, 0) is 20.8 Å². The largest absolute Gasteiger partial charge is 0.375 e. The number of thiazole rings is 1. The van der Waals surface area contributed by atoms with Crippen molar-refractivity contribution in [2.75, 3.05) is 13.2 Å². The van der Waals surface area contributed by atoms with E-state index in [2.05, 4.69) is 24.1 Å². The standard InChI is InChI=1S/C10H18N2OS/c1-4-13-10(2,3)7-11-5-9-6-12-8-14-9/h6,8,11H,4-5,7H2,1-3H3. The highest BCUT2D eigenvalue weighted by molar-refractivity contribution is 7.09. The van der Waals surface area contributed by atoms with E-state index in [9.17, 15) is 0 Å². The minimum atomic E-state index is -0.0839. The van der Waals surface area contributed by atoms with Crippen LogP contribution >= 0.6 is 11.3 Å². The van der Waals surface area contributed by atoms with Gasteiger partial charge in [-0.15, -0.1) is 11.3 Å². The maximum absolute atomic E-state index is 5.57. The molecule has 0 spiro atoms. The molecule has 14 heavy (non-hydrogen) atoms. The van der Waals surface area contributed by atoms with E-state index in [1.165, 1.54) is 4.88 Å². The molecule has 0 saturated heterocycles. The number of nitrogens with one attached hydrogen (secondary N) is 1. The topological polar surface area (TPSA) is 34.1 Å². The van der Waals surface area contributed by atoms with Crippen LogP contribution in [0.25, 0.3) is 0 Å². The van der Waals surface area contributed by atoms with Crippen LogP contribution in [0, 0.1) is 0 Å². The van der Waals surface area contributed by atoms with Crippen LogP contribution < -0.4 is 5.32 Å². The third-order valence-corrected chi connectivity index (χ3v) is 2.65. The van der Waals surface area contributed by atoms with Crippen LogP contribution in [0.4, 0.5) is 0 Å². The average Bonchev–Trinajstić information content (AvgIpc) is 2.56. The Morgan fingerprint density at radius 1 is 1.57 bits per heavy atom. The molecule has 4 heteroatoms. The van der Waals surface area contributed by atoms with Gasteiger partial charge in [-0.1, -0.05) is 0 Å². The number of aromatic nitrogens is 1. The second kappa shape index (κ2) is 5.44. The summed E-state index contributed by atoms with van der Waals surface area (Å²) in [5, 5.41) is 3.36. The van der Waals surface area contributed by atoms with Crippen molar-refractivity contribution in [3.05, 3.63) is 16.6 Å². The van der Waals surface area contributed by atoms with E-state index in [0.29, 0.717) is 0 Å². The minimum Gasteiger partial charge on any atom is -0.375 e. The summed E-state index contributed by atoms with van der Waals surface area (Å²) in [5.74, 6) is 0. The Morgan fingerprint density at radius 3 is 2.93 bits per heavy atom. The van der Waals surface area contributed by atoms with Crippen LogP contribution in [0.1, 0.15) is 25.6 Å². The highest BCUT2D eigenvalue weighted by Crippen LogP contribution is 2.08. The van der Waals surface area contributed by atoms with Gasteiger partial charge in [-0.25, -0.2) is 0 Å². The smallest absolute Gasteiger partial charge is 0.0794 e. The third kappa shape index (κ3) is 4.17. The zero-order valence-electron chi connectivity index (χ0n) is 9.04. The van der Waals surface area contributed by atoms with Gasteiger partial charge in [0.2, 0.25) is 0 Å². The average molecular weight is 214 g/mol. The summed E-state index contributed by atoms with van der Waals surface area (Å²) in [6.07, 6.45) is 1.89. The monoisotopic (exact) mass is 214 g/mol. The van der Waals surface area contributed by atoms with Gasteiger partial charge < -0.3 is 10.1 Å². The van der Waals surface area contributed by atoms with Crippen molar-refractivity contribution in [1.82, 2.24) is 10.3 Å². The van der Waals surface area contributed by atoms with Crippen molar-refractivity contribution < 1.29 is 4.74 Å². The summed E-state index contributed by atoms with van der Waals surface area (Å²) in [7, 11) is 0. The number of nitrogens with zero attached hydrogens (tertiary/aromatic N) is 1. The first-order chi connectivity index (χ1) is 6.64. The molecule has 0 radical (unpaired) electrons. The van der Waals surface area contributed by atoms with Crippen LogP contribution in [0.3, 0.4) is 0 Å². The van der Waals surface area contributed by atoms with Crippen molar-refractivity contribution in [1.29, 1.82) is 0 Å². The first-order valence-electron chi connectivity index (χ1n) is 4.86. The van der Waals surface area contributed by atoms with Gasteiger partial charge in [-0.2, -0.15) is 0 Å². The molecule has 80 valence electrons. The summed E-state index contributed by atoms with van der Waals surface area (Å²) in [5.41, 5.74) is 1.77. The Bertz CT molecular complexity index is 247. The minimum absolute atomic E-state index is 0.0839. The molecular formula is C10H18N2OS. The summed E-state index contributed by atoms with van der Waals surface area (Å²) in [4.78, 5) is 5.28. The lowest BCUT2D eigenvalue weighted by Gasteiger charge is -2.24. The molecular weight excluding hydrogens is 196 g/mol. The third-order valence-electron chi connectivity index (χ3n) is 1.87. The van der Waals surface area contributed by atoms with Crippen molar-refractivity contribution in [2.24, 2.45) is 0 Å². The van der Waals surface area contributed by atoms with E-state index < -0.39 is 0 Å². The number of hydrogen-bond donors (Lipinski definition) is 1.